The number of aromatic nitrogens is 2. The largest absolute Gasteiger partial charge is 0.375 e. The van der Waals surface area contributed by atoms with E-state index < -0.39 is 4.92 Å². The molecule has 0 spiro atoms. The Morgan fingerprint density at radius 1 is 1.55 bits per heavy atom. The summed E-state index contributed by atoms with van der Waals surface area (Å²) in [7, 11) is 1.69. The van der Waals surface area contributed by atoms with E-state index in [2.05, 4.69) is 15.3 Å². The van der Waals surface area contributed by atoms with E-state index in [4.69, 9.17) is 4.74 Å². The zero-order chi connectivity index (χ0) is 14.7. The van der Waals surface area contributed by atoms with Crippen molar-refractivity contribution >= 4 is 17.5 Å². The van der Waals surface area contributed by atoms with Crippen molar-refractivity contribution in [3.8, 4) is 0 Å². The fraction of sp³-hybridized carbons (Fsp3) is 0.667. The third-order valence-electron chi connectivity index (χ3n) is 3.34. The molecule has 110 valence electrons. The molecule has 0 bridgehead atoms. The highest BCUT2D eigenvalue weighted by Crippen LogP contribution is 2.31. The van der Waals surface area contributed by atoms with E-state index in [0.717, 1.165) is 6.42 Å². The van der Waals surface area contributed by atoms with E-state index >= 15 is 0 Å². The summed E-state index contributed by atoms with van der Waals surface area (Å²) in [6.45, 7) is 5.41. The van der Waals surface area contributed by atoms with Gasteiger partial charge in [-0.3, -0.25) is 10.1 Å². The van der Waals surface area contributed by atoms with Gasteiger partial charge in [0.1, 0.15) is 5.69 Å². The molecule has 1 unspecified atom stereocenters. The monoisotopic (exact) mass is 281 g/mol. The molecule has 8 nitrogen and oxygen atoms in total. The lowest BCUT2D eigenvalue weighted by atomic mass is 10.2. The van der Waals surface area contributed by atoms with E-state index in [-0.39, 0.29) is 11.8 Å². The summed E-state index contributed by atoms with van der Waals surface area (Å²) in [6.07, 6.45) is 0.949. The van der Waals surface area contributed by atoms with Gasteiger partial charge in [-0.2, -0.15) is 4.98 Å². The summed E-state index contributed by atoms with van der Waals surface area (Å²) in [5.74, 6) is 0.760. The lowest BCUT2D eigenvalue weighted by Crippen LogP contribution is -2.43. The minimum Gasteiger partial charge on any atom is -0.375 e. The van der Waals surface area contributed by atoms with Crippen molar-refractivity contribution in [1.82, 2.24) is 9.97 Å². The lowest BCUT2D eigenvalue weighted by molar-refractivity contribution is -0.385. The molecule has 20 heavy (non-hydrogen) atoms. The molecule has 1 aliphatic rings. The Labute approximate surface area is 117 Å². The number of morpholine rings is 1. The number of aryl methyl sites for hydroxylation is 1. The Kier molecular flexibility index (Phi) is 4.33. The molecule has 2 heterocycles. The Hall–Kier alpha value is -1.96. The molecular weight excluding hydrogens is 262 g/mol. The topological polar surface area (TPSA) is 93.4 Å². The van der Waals surface area contributed by atoms with Crippen LogP contribution in [0.1, 0.15) is 19.0 Å². The molecule has 1 atom stereocenters. The van der Waals surface area contributed by atoms with Crippen LogP contribution in [0.4, 0.5) is 17.5 Å². The van der Waals surface area contributed by atoms with Crippen molar-refractivity contribution < 1.29 is 9.66 Å². The van der Waals surface area contributed by atoms with Crippen LogP contribution >= 0.6 is 0 Å². The van der Waals surface area contributed by atoms with Crippen LogP contribution in [0.25, 0.3) is 0 Å². The smallest absolute Gasteiger partial charge is 0.332 e. The van der Waals surface area contributed by atoms with Gasteiger partial charge in [-0.25, -0.2) is 4.98 Å². The van der Waals surface area contributed by atoms with Crippen LogP contribution in [0, 0.1) is 17.0 Å². The van der Waals surface area contributed by atoms with Gasteiger partial charge in [0.2, 0.25) is 11.8 Å². The van der Waals surface area contributed by atoms with Crippen LogP contribution in [-0.4, -0.2) is 47.7 Å². The molecule has 2 rings (SSSR count). The van der Waals surface area contributed by atoms with Crippen LogP contribution in [-0.2, 0) is 4.74 Å². The zero-order valence-electron chi connectivity index (χ0n) is 11.9. The molecule has 1 aliphatic heterocycles. The number of hydrogen-bond donors (Lipinski definition) is 1. The highest BCUT2D eigenvalue weighted by atomic mass is 16.6. The predicted molar refractivity (Wildman–Crippen MR) is 75.2 cm³/mol. The molecule has 1 aromatic heterocycles. The molecule has 0 aromatic carbocycles. The number of ether oxygens (including phenoxy) is 1. The van der Waals surface area contributed by atoms with Crippen molar-refractivity contribution in [2.24, 2.45) is 0 Å². The van der Waals surface area contributed by atoms with Gasteiger partial charge in [0.15, 0.2) is 0 Å². The maximum atomic E-state index is 11.3. The summed E-state index contributed by atoms with van der Waals surface area (Å²) in [5, 5.41) is 14.1. The van der Waals surface area contributed by atoms with Crippen LogP contribution in [0.5, 0.6) is 0 Å². The minimum atomic E-state index is -0.416. The van der Waals surface area contributed by atoms with Gasteiger partial charge in [0.05, 0.1) is 17.6 Å². The number of anilines is 2. The number of nitrogens with zero attached hydrogens (tertiary/aromatic N) is 4. The molecule has 0 aliphatic carbocycles. The first-order chi connectivity index (χ1) is 9.56. The minimum absolute atomic E-state index is 0.0271. The standard InChI is InChI=1S/C12H19N5O3/c1-4-9-7-16(5-6-20-9)11-10(17(18)19)8(2)14-12(13-3)15-11/h9H,4-7H2,1-3H3,(H,13,14,15). The second-order valence-electron chi connectivity index (χ2n) is 4.66. The molecule has 0 radical (unpaired) electrons. The van der Waals surface area contributed by atoms with Gasteiger partial charge in [-0.05, 0) is 13.3 Å². The first-order valence-electron chi connectivity index (χ1n) is 6.64. The number of nitro groups is 1. The Morgan fingerprint density at radius 3 is 2.90 bits per heavy atom. The van der Waals surface area contributed by atoms with Gasteiger partial charge in [-0.1, -0.05) is 6.92 Å². The summed E-state index contributed by atoms with van der Waals surface area (Å²) < 4.78 is 5.60. The summed E-state index contributed by atoms with van der Waals surface area (Å²) in [6, 6.07) is 0. The van der Waals surface area contributed by atoms with E-state index in [9.17, 15) is 10.1 Å². The second-order valence-corrected chi connectivity index (χ2v) is 4.66. The molecule has 0 amide bonds. The molecule has 1 saturated heterocycles. The quantitative estimate of drug-likeness (QED) is 0.657. The molecule has 8 heteroatoms. The third kappa shape index (κ3) is 2.79. The van der Waals surface area contributed by atoms with Crippen molar-refractivity contribution in [1.29, 1.82) is 0 Å². The predicted octanol–water partition coefficient (Wildman–Crippen LogP) is 1.35. The number of nitrogens with one attached hydrogen (secondary N) is 1. The van der Waals surface area contributed by atoms with Crippen LogP contribution in [0.2, 0.25) is 0 Å². The van der Waals surface area contributed by atoms with Crippen molar-refractivity contribution in [2.75, 3.05) is 37.0 Å². The number of rotatable bonds is 4. The van der Waals surface area contributed by atoms with Gasteiger partial charge in [-0.15, -0.1) is 0 Å². The Morgan fingerprint density at radius 2 is 2.30 bits per heavy atom. The zero-order valence-corrected chi connectivity index (χ0v) is 11.9. The second kappa shape index (κ2) is 6.00. The molecule has 1 N–H and O–H groups in total. The van der Waals surface area contributed by atoms with Crippen LogP contribution in [0.15, 0.2) is 0 Å². The number of hydrogen-bond acceptors (Lipinski definition) is 7. The average Bonchev–Trinajstić information content (AvgIpc) is 2.45. The molecule has 1 aromatic rings. The molecule has 0 saturated carbocycles. The summed E-state index contributed by atoms with van der Waals surface area (Å²) >= 11 is 0. The van der Waals surface area contributed by atoms with Crippen molar-refractivity contribution in [3.63, 3.8) is 0 Å². The Balaban J connectivity index is 2.42. The molecule has 1 fully saturated rings. The van der Waals surface area contributed by atoms with Crippen LogP contribution in [0.3, 0.4) is 0 Å². The van der Waals surface area contributed by atoms with E-state index in [1.54, 1.807) is 14.0 Å². The maximum Gasteiger partial charge on any atom is 0.332 e. The third-order valence-corrected chi connectivity index (χ3v) is 3.34. The van der Waals surface area contributed by atoms with Crippen molar-refractivity contribution in [2.45, 2.75) is 26.4 Å². The summed E-state index contributed by atoms with van der Waals surface area (Å²) in [5.41, 5.74) is 0.338. The van der Waals surface area contributed by atoms with Gasteiger partial charge in [0, 0.05) is 20.1 Å². The SMILES string of the molecule is CCC1CN(c2nc(NC)nc(C)c2[N+](=O)[O-])CCO1. The fourth-order valence-corrected chi connectivity index (χ4v) is 2.26. The van der Waals surface area contributed by atoms with Gasteiger partial charge >= 0.3 is 5.69 Å². The van der Waals surface area contributed by atoms with Gasteiger partial charge in [0.25, 0.3) is 0 Å². The maximum absolute atomic E-state index is 11.3. The van der Waals surface area contributed by atoms with E-state index in [0.29, 0.717) is 37.2 Å². The molecular formula is C12H19N5O3. The first kappa shape index (κ1) is 14.4. The normalized spacial score (nSPS) is 18.9. The summed E-state index contributed by atoms with van der Waals surface area (Å²) in [4.78, 5) is 21.1. The van der Waals surface area contributed by atoms with E-state index in [1.165, 1.54) is 0 Å². The lowest BCUT2D eigenvalue weighted by Gasteiger charge is -2.33. The highest BCUT2D eigenvalue weighted by Gasteiger charge is 2.29. The van der Waals surface area contributed by atoms with Crippen LogP contribution < -0.4 is 10.2 Å². The first-order valence-corrected chi connectivity index (χ1v) is 6.64. The highest BCUT2D eigenvalue weighted by molar-refractivity contribution is 5.62. The fourth-order valence-electron chi connectivity index (χ4n) is 2.26. The van der Waals surface area contributed by atoms with E-state index in [1.807, 2.05) is 11.8 Å². The average molecular weight is 281 g/mol. The van der Waals surface area contributed by atoms with Crippen molar-refractivity contribution in [3.05, 3.63) is 15.8 Å². The van der Waals surface area contributed by atoms with Gasteiger partial charge < -0.3 is 15.0 Å². The Bertz CT molecular complexity index is 508.